The zero-order valence-electron chi connectivity index (χ0n) is 13.8. The van der Waals surface area contributed by atoms with E-state index in [2.05, 4.69) is 15.8 Å². The van der Waals surface area contributed by atoms with Crippen LogP contribution in [0.2, 0.25) is 10.0 Å². The van der Waals surface area contributed by atoms with E-state index in [4.69, 9.17) is 27.9 Å². The number of hydrogen-bond acceptors (Lipinski definition) is 7. The molecular weight excluding hydrogens is 433 g/mol. The lowest BCUT2D eigenvalue weighted by Crippen LogP contribution is -2.34. The van der Waals surface area contributed by atoms with Crippen LogP contribution in [0.3, 0.4) is 0 Å². The number of halogens is 2. The van der Waals surface area contributed by atoms with E-state index in [1.165, 1.54) is 42.7 Å². The summed E-state index contributed by atoms with van der Waals surface area (Å²) in [7, 11) is -2.28. The number of ether oxygens (including phenoxy) is 1. The van der Waals surface area contributed by atoms with Crippen LogP contribution in [0.15, 0.2) is 41.3 Å². The zero-order valence-corrected chi connectivity index (χ0v) is 17.0. The highest BCUT2D eigenvalue weighted by molar-refractivity contribution is 7.92. The van der Waals surface area contributed by atoms with Gasteiger partial charge in [0.2, 0.25) is 5.13 Å². The molecule has 0 saturated carbocycles. The van der Waals surface area contributed by atoms with Crippen molar-refractivity contribution in [3.05, 3.63) is 46.4 Å². The van der Waals surface area contributed by atoms with Crippen molar-refractivity contribution in [2.75, 3.05) is 18.3 Å². The summed E-state index contributed by atoms with van der Waals surface area (Å²) in [5.41, 5.74) is 5.47. The molecule has 0 aliphatic rings. The number of hydrazine groups is 1. The normalized spacial score (nSPS) is 11.4. The van der Waals surface area contributed by atoms with Gasteiger partial charge in [-0.05, 0) is 36.4 Å². The van der Waals surface area contributed by atoms with Gasteiger partial charge in [0.1, 0.15) is 17.0 Å². The molecule has 0 fully saturated rings. The van der Waals surface area contributed by atoms with Crippen molar-refractivity contribution >= 4 is 65.6 Å². The molecular formula is C16H13Cl2N3O4S2. The number of fused-ring (bicyclic) bond motifs is 1. The second-order valence-corrected chi connectivity index (χ2v) is 9.16. The van der Waals surface area contributed by atoms with Gasteiger partial charge in [-0.1, -0.05) is 34.5 Å². The van der Waals surface area contributed by atoms with Gasteiger partial charge in [0, 0.05) is 5.02 Å². The van der Waals surface area contributed by atoms with E-state index < -0.39 is 21.5 Å². The van der Waals surface area contributed by atoms with E-state index in [-0.39, 0.29) is 4.90 Å². The molecule has 27 heavy (non-hydrogen) atoms. The molecule has 7 nitrogen and oxygen atoms in total. The van der Waals surface area contributed by atoms with Crippen LogP contribution in [0, 0.1) is 0 Å². The van der Waals surface area contributed by atoms with E-state index in [0.717, 1.165) is 0 Å². The number of benzene rings is 2. The van der Waals surface area contributed by atoms with Crippen molar-refractivity contribution < 1.29 is 17.9 Å². The molecule has 0 unspecified atom stereocenters. The number of hydrogen-bond donors (Lipinski definition) is 2. The predicted octanol–water partition coefficient (Wildman–Crippen LogP) is 3.53. The van der Waals surface area contributed by atoms with Crippen molar-refractivity contribution in [2.45, 2.75) is 4.90 Å². The zero-order chi connectivity index (χ0) is 19.6. The third kappa shape index (κ3) is 4.44. The number of anilines is 1. The highest BCUT2D eigenvalue weighted by atomic mass is 35.5. The van der Waals surface area contributed by atoms with Crippen LogP contribution in [-0.4, -0.2) is 32.2 Å². The van der Waals surface area contributed by atoms with Crippen LogP contribution in [0.25, 0.3) is 10.2 Å². The summed E-state index contributed by atoms with van der Waals surface area (Å²) in [5.74, 6) is -0.922. The Kier molecular flexibility index (Phi) is 5.75. The SMILES string of the molecule is COc1ccc(Cl)c2sc(NNC(=O)CS(=O)(=O)c3ccc(Cl)cc3)nc12. The molecule has 1 amide bonds. The Balaban J connectivity index is 1.69. The minimum absolute atomic E-state index is 0.0126. The average molecular weight is 446 g/mol. The van der Waals surface area contributed by atoms with Gasteiger partial charge in [0.25, 0.3) is 5.91 Å². The summed E-state index contributed by atoms with van der Waals surface area (Å²) >= 11 is 13.1. The van der Waals surface area contributed by atoms with Crippen LogP contribution in [0.1, 0.15) is 0 Å². The van der Waals surface area contributed by atoms with Crippen molar-refractivity contribution in [1.29, 1.82) is 0 Å². The van der Waals surface area contributed by atoms with Gasteiger partial charge in [0.05, 0.1) is 21.7 Å². The Morgan fingerprint density at radius 1 is 1.19 bits per heavy atom. The smallest absolute Gasteiger partial charge is 0.253 e. The average Bonchev–Trinajstić information content (AvgIpc) is 3.06. The highest BCUT2D eigenvalue weighted by Gasteiger charge is 2.20. The summed E-state index contributed by atoms with van der Waals surface area (Å²) in [6, 6.07) is 8.96. The first-order chi connectivity index (χ1) is 12.8. The Morgan fingerprint density at radius 2 is 1.89 bits per heavy atom. The number of nitrogens with one attached hydrogen (secondary N) is 2. The largest absolute Gasteiger partial charge is 0.494 e. The fourth-order valence-electron chi connectivity index (χ4n) is 2.23. The lowest BCUT2D eigenvalue weighted by molar-refractivity contribution is -0.118. The maximum absolute atomic E-state index is 12.3. The second-order valence-electron chi connectivity index (χ2n) is 5.33. The molecule has 0 aliphatic heterocycles. The summed E-state index contributed by atoms with van der Waals surface area (Å²) in [5, 5.41) is 1.24. The lowest BCUT2D eigenvalue weighted by Gasteiger charge is -2.07. The molecule has 0 spiro atoms. The molecule has 142 valence electrons. The van der Waals surface area contributed by atoms with Gasteiger partial charge in [0.15, 0.2) is 9.84 Å². The second kappa shape index (κ2) is 7.89. The molecule has 0 radical (unpaired) electrons. The Hall–Kier alpha value is -2.07. The van der Waals surface area contributed by atoms with Gasteiger partial charge in [-0.25, -0.2) is 13.4 Å². The van der Waals surface area contributed by atoms with E-state index in [1.54, 1.807) is 12.1 Å². The lowest BCUT2D eigenvalue weighted by atomic mass is 10.3. The molecule has 0 bridgehead atoms. The molecule has 0 aliphatic carbocycles. The molecule has 1 aromatic heterocycles. The maximum Gasteiger partial charge on any atom is 0.253 e. The molecule has 0 saturated heterocycles. The van der Waals surface area contributed by atoms with E-state index in [1.807, 2.05) is 0 Å². The first-order valence-corrected chi connectivity index (χ1v) is 10.7. The number of sulfone groups is 1. The van der Waals surface area contributed by atoms with Crippen molar-refractivity contribution in [1.82, 2.24) is 10.4 Å². The minimum Gasteiger partial charge on any atom is -0.494 e. The number of thiazole rings is 1. The summed E-state index contributed by atoms with van der Waals surface area (Å²) in [4.78, 5) is 16.3. The summed E-state index contributed by atoms with van der Waals surface area (Å²) in [6.07, 6.45) is 0. The Labute approximate surface area is 169 Å². The monoisotopic (exact) mass is 445 g/mol. The Bertz CT molecular complexity index is 1100. The van der Waals surface area contributed by atoms with E-state index >= 15 is 0 Å². The summed E-state index contributed by atoms with van der Waals surface area (Å²) < 4.78 is 30.4. The predicted molar refractivity (Wildman–Crippen MR) is 106 cm³/mol. The molecule has 0 atom stereocenters. The van der Waals surface area contributed by atoms with Crippen LogP contribution in [0.4, 0.5) is 5.13 Å². The third-order valence-corrected chi connectivity index (χ3v) is 6.80. The van der Waals surface area contributed by atoms with Crippen molar-refractivity contribution in [3.63, 3.8) is 0 Å². The molecule has 2 aromatic carbocycles. The highest BCUT2D eigenvalue weighted by Crippen LogP contribution is 2.37. The van der Waals surface area contributed by atoms with Gasteiger partial charge in [-0.3, -0.25) is 15.6 Å². The fraction of sp³-hybridized carbons (Fsp3) is 0.125. The van der Waals surface area contributed by atoms with Crippen LogP contribution >= 0.6 is 34.5 Å². The van der Waals surface area contributed by atoms with E-state index in [0.29, 0.717) is 31.1 Å². The first-order valence-electron chi connectivity index (χ1n) is 7.46. The maximum atomic E-state index is 12.3. The number of rotatable bonds is 6. The standard InChI is InChI=1S/C16H13Cl2N3O4S2/c1-25-12-7-6-11(18)15-14(12)19-16(26-15)21-20-13(22)8-27(23,24)10-4-2-9(17)3-5-10/h2-7H,8H2,1H3,(H,19,21)(H,20,22). The van der Waals surface area contributed by atoms with Crippen molar-refractivity contribution in [3.8, 4) is 5.75 Å². The number of carbonyl (C=O) groups is 1. The quantitative estimate of drug-likeness (QED) is 0.563. The van der Waals surface area contributed by atoms with E-state index in [9.17, 15) is 13.2 Å². The molecule has 11 heteroatoms. The Morgan fingerprint density at radius 3 is 2.56 bits per heavy atom. The number of methoxy groups -OCH3 is 1. The topological polar surface area (TPSA) is 97.4 Å². The third-order valence-electron chi connectivity index (χ3n) is 3.48. The molecule has 3 aromatic rings. The minimum atomic E-state index is -3.79. The van der Waals surface area contributed by atoms with Gasteiger partial charge in [-0.2, -0.15) is 0 Å². The van der Waals surface area contributed by atoms with Crippen LogP contribution in [0.5, 0.6) is 5.75 Å². The number of nitrogens with zero attached hydrogens (tertiary/aromatic N) is 1. The number of aromatic nitrogens is 1. The van der Waals surface area contributed by atoms with Crippen LogP contribution < -0.4 is 15.6 Å². The van der Waals surface area contributed by atoms with Crippen LogP contribution in [-0.2, 0) is 14.6 Å². The summed E-state index contributed by atoms with van der Waals surface area (Å²) in [6.45, 7) is 0. The molecule has 3 rings (SSSR count). The van der Waals surface area contributed by atoms with Crippen molar-refractivity contribution in [2.24, 2.45) is 0 Å². The fourth-order valence-corrected chi connectivity index (χ4v) is 4.60. The first kappa shape index (κ1) is 19.7. The van der Waals surface area contributed by atoms with Gasteiger partial charge >= 0.3 is 0 Å². The number of carbonyl (C=O) groups excluding carboxylic acids is 1. The number of amides is 1. The van der Waals surface area contributed by atoms with Gasteiger partial charge in [-0.15, -0.1) is 0 Å². The molecule has 2 N–H and O–H groups in total. The molecule has 1 heterocycles. The van der Waals surface area contributed by atoms with Gasteiger partial charge < -0.3 is 4.74 Å².